The molecular formula is C27H28N4O4S. The number of sulfonamides is 1. The van der Waals surface area contributed by atoms with Crippen molar-refractivity contribution in [3.05, 3.63) is 113 Å². The Kier molecular flexibility index (Phi) is 7.40. The molecule has 1 N–H and O–H groups in total. The molecule has 0 radical (unpaired) electrons. The van der Waals surface area contributed by atoms with Crippen molar-refractivity contribution in [1.29, 1.82) is 0 Å². The molecule has 36 heavy (non-hydrogen) atoms. The SMILES string of the molecule is Cc1c(N(CC(=O)NCCc2ccccc2)S(=O)(=O)c2ccccc2)c(=O)n(-c2ccccc2)n1C. The molecule has 4 rings (SSSR count). The van der Waals surface area contributed by atoms with Gasteiger partial charge in [-0.1, -0.05) is 66.7 Å². The number of amides is 1. The highest BCUT2D eigenvalue weighted by Gasteiger charge is 2.33. The summed E-state index contributed by atoms with van der Waals surface area (Å²) in [6.45, 7) is 1.47. The Balaban J connectivity index is 1.71. The number of nitrogens with one attached hydrogen (secondary N) is 1. The normalized spacial score (nSPS) is 11.3. The van der Waals surface area contributed by atoms with Crippen LogP contribution in [-0.2, 0) is 28.3 Å². The fourth-order valence-electron chi connectivity index (χ4n) is 4.02. The number of anilines is 1. The van der Waals surface area contributed by atoms with E-state index in [9.17, 15) is 18.0 Å². The van der Waals surface area contributed by atoms with E-state index >= 15 is 0 Å². The molecule has 0 saturated carbocycles. The van der Waals surface area contributed by atoms with Crippen molar-refractivity contribution in [2.45, 2.75) is 18.2 Å². The molecule has 0 bridgehead atoms. The molecule has 0 unspecified atom stereocenters. The molecule has 1 amide bonds. The summed E-state index contributed by atoms with van der Waals surface area (Å²) in [5, 5.41) is 2.79. The van der Waals surface area contributed by atoms with Crippen LogP contribution in [0.1, 0.15) is 11.3 Å². The molecule has 3 aromatic carbocycles. The predicted molar refractivity (Wildman–Crippen MR) is 140 cm³/mol. The van der Waals surface area contributed by atoms with Gasteiger partial charge >= 0.3 is 0 Å². The van der Waals surface area contributed by atoms with Crippen molar-refractivity contribution in [3.8, 4) is 5.69 Å². The summed E-state index contributed by atoms with van der Waals surface area (Å²) in [6, 6.07) is 26.4. The van der Waals surface area contributed by atoms with Crippen molar-refractivity contribution in [1.82, 2.24) is 14.7 Å². The van der Waals surface area contributed by atoms with Gasteiger partial charge in [-0.15, -0.1) is 0 Å². The van der Waals surface area contributed by atoms with E-state index in [0.29, 0.717) is 24.3 Å². The molecule has 0 saturated heterocycles. The van der Waals surface area contributed by atoms with Gasteiger partial charge < -0.3 is 5.32 Å². The maximum Gasteiger partial charge on any atom is 0.296 e. The van der Waals surface area contributed by atoms with Crippen LogP contribution >= 0.6 is 0 Å². The van der Waals surface area contributed by atoms with E-state index in [1.807, 2.05) is 36.4 Å². The number of benzene rings is 3. The summed E-state index contributed by atoms with van der Waals surface area (Å²) >= 11 is 0. The monoisotopic (exact) mass is 504 g/mol. The maximum absolute atomic E-state index is 13.7. The van der Waals surface area contributed by atoms with E-state index in [0.717, 1.165) is 9.87 Å². The summed E-state index contributed by atoms with van der Waals surface area (Å²) in [4.78, 5) is 26.6. The van der Waals surface area contributed by atoms with Gasteiger partial charge in [0.15, 0.2) is 0 Å². The lowest BCUT2D eigenvalue weighted by Crippen LogP contribution is -2.43. The second kappa shape index (κ2) is 10.7. The lowest BCUT2D eigenvalue weighted by molar-refractivity contribution is -0.119. The molecule has 4 aromatic rings. The fraction of sp³-hybridized carbons (Fsp3) is 0.185. The minimum atomic E-state index is -4.21. The highest BCUT2D eigenvalue weighted by atomic mass is 32.2. The lowest BCUT2D eigenvalue weighted by atomic mass is 10.1. The summed E-state index contributed by atoms with van der Waals surface area (Å²) in [7, 11) is -2.53. The first-order valence-electron chi connectivity index (χ1n) is 11.5. The standard InChI is InChI=1S/C27H28N4O4S/c1-21-26(27(33)31(29(21)2)23-14-8-4-9-15-23)30(36(34,35)24-16-10-5-11-17-24)20-25(32)28-19-18-22-12-6-3-7-13-22/h3-17H,18-20H2,1-2H3,(H,28,32). The molecule has 0 fully saturated rings. The molecule has 8 nitrogen and oxygen atoms in total. The number of aromatic nitrogens is 2. The number of hydrogen-bond acceptors (Lipinski definition) is 4. The van der Waals surface area contributed by atoms with Gasteiger partial charge in [-0.25, -0.2) is 17.4 Å². The number of carbonyl (C=O) groups excluding carboxylic acids is 1. The van der Waals surface area contributed by atoms with Gasteiger partial charge in [-0.05, 0) is 43.2 Å². The Morgan fingerprint density at radius 2 is 1.44 bits per heavy atom. The van der Waals surface area contributed by atoms with Crippen LogP contribution in [0.5, 0.6) is 0 Å². The average molecular weight is 505 g/mol. The molecule has 0 atom stereocenters. The van der Waals surface area contributed by atoms with Crippen LogP contribution in [0, 0.1) is 6.92 Å². The molecule has 0 aliphatic carbocycles. The van der Waals surface area contributed by atoms with E-state index in [1.54, 1.807) is 61.1 Å². The Labute approximate surface area is 210 Å². The number of para-hydroxylation sites is 1. The third kappa shape index (κ3) is 5.11. The van der Waals surface area contributed by atoms with Crippen LogP contribution < -0.4 is 15.2 Å². The van der Waals surface area contributed by atoms with E-state index < -0.39 is 28.0 Å². The summed E-state index contributed by atoms with van der Waals surface area (Å²) in [5.74, 6) is -0.501. The Hall–Kier alpha value is -4.11. The number of rotatable bonds is 9. The topological polar surface area (TPSA) is 93.4 Å². The minimum Gasteiger partial charge on any atom is -0.354 e. The second-order valence-corrected chi connectivity index (χ2v) is 10.2. The molecular weight excluding hydrogens is 476 g/mol. The average Bonchev–Trinajstić information content (AvgIpc) is 3.11. The van der Waals surface area contributed by atoms with Crippen LogP contribution in [0.25, 0.3) is 5.69 Å². The summed E-state index contributed by atoms with van der Waals surface area (Å²) < 4.78 is 31.3. The van der Waals surface area contributed by atoms with E-state index in [4.69, 9.17) is 0 Å². The predicted octanol–water partition coefficient (Wildman–Crippen LogP) is 3.04. The zero-order chi connectivity index (χ0) is 25.7. The summed E-state index contributed by atoms with van der Waals surface area (Å²) in [6.07, 6.45) is 0.600. The smallest absolute Gasteiger partial charge is 0.296 e. The Morgan fingerprint density at radius 3 is 2.06 bits per heavy atom. The number of hydrogen-bond donors (Lipinski definition) is 1. The van der Waals surface area contributed by atoms with E-state index in [1.165, 1.54) is 16.8 Å². The zero-order valence-electron chi connectivity index (χ0n) is 20.2. The largest absolute Gasteiger partial charge is 0.354 e. The van der Waals surface area contributed by atoms with Gasteiger partial charge in [0.1, 0.15) is 12.2 Å². The van der Waals surface area contributed by atoms with Crippen LogP contribution in [0.3, 0.4) is 0 Å². The Bertz CT molecular complexity index is 1500. The van der Waals surface area contributed by atoms with Crippen molar-refractivity contribution >= 4 is 21.6 Å². The first-order chi connectivity index (χ1) is 17.3. The molecule has 1 heterocycles. The van der Waals surface area contributed by atoms with Gasteiger partial charge in [-0.3, -0.25) is 14.3 Å². The van der Waals surface area contributed by atoms with Crippen LogP contribution in [0.4, 0.5) is 5.69 Å². The molecule has 0 spiro atoms. The van der Waals surface area contributed by atoms with Gasteiger partial charge in [0.2, 0.25) is 5.91 Å². The van der Waals surface area contributed by atoms with Crippen LogP contribution in [-0.4, -0.2) is 36.8 Å². The minimum absolute atomic E-state index is 0.00370. The molecule has 9 heteroatoms. The quantitative estimate of drug-likeness (QED) is 0.379. The molecule has 1 aromatic heterocycles. The third-order valence-electron chi connectivity index (χ3n) is 5.97. The molecule has 0 aliphatic heterocycles. The van der Waals surface area contributed by atoms with Crippen LogP contribution in [0.15, 0.2) is 101 Å². The van der Waals surface area contributed by atoms with Gasteiger partial charge in [0.25, 0.3) is 15.6 Å². The maximum atomic E-state index is 13.7. The van der Waals surface area contributed by atoms with Crippen molar-refractivity contribution in [2.75, 3.05) is 17.4 Å². The lowest BCUT2D eigenvalue weighted by Gasteiger charge is -2.23. The highest BCUT2D eigenvalue weighted by molar-refractivity contribution is 7.92. The van der Waals surface area contributed by atoms with E-state index in [2.05, 4.69) is 5.32 Å². The van der Waals surface area contributed by atoms with Gasteiger partial charge in [0, 0.05) is 13.6 Å². The fourth-order valence-corrected chi connectivity index (χ4v) is 5.52. The van der Waals surface area contributed by atoms with Gasteiger partial charge in [0.05, 0.1) is 16.3 Å². The zero-order valence-corrected chi connectivity index (χ0v) is 21.0. The summed E-state index contributed by atoms with van der Waals surface area (Å²) in [5.41, 5.74) is 1.46. The van der Waals surface area contributed by atoms with Gasteiger partial charge in [-0.2, -0.15) is 0 Å². The second-order valence-electron chi connectivity index (χ2n) is 8.32. The van der Waals surface area contributed by atoms with Crippen molar-refractivity contribution in [3.63, 3.8) is 0 Å². The van der Waals surface area contributed by atoms with Crippen molar-refractivity contribution in [2.24, 2.45) is 7.05 Å². The number of nitrogens with zero attached hydrogens (tertiary/aromatic N) is 3. The Morgan fingerprint density at radius 1 is 0.889 bits per heavy atom. The first kappa shape index (κ1) is 25.0. The van der Waals surface area contributed by atoms with Crippen LogP contribution in [0.2, 0.25) is 0 Å². The third-order valence-corrected chi connectivity index (χ3v) is 7.73. The number of carbonyl (C=O) groups is 1. The molecule has 186 valence electrons. The first-order valence-corrected chi connectivity index (χ1v) is 13.0. The molecule has 0 aliphatic rings. The van der Waals surface area contributed by atoms with Crippen molar-refractivity contribution < 1.29 is 13.2 Å². The highest BCUT2D eigenvalue weighted by Crippen LogP contribution is 2.25. The van der Waals surface area contributed by atoms with E-state index in [-0.39, 0.29) is 10.6 Å².